The summed E-state index contributed by atoms with van der Waals surface area (Å²) in [7, 11) is 0. The second-order valence-corrected chi connectivity index (χ2v) is 9.54. The monoisotopic (exact) mass is 521 g/mol. The number of unbranched alkanes of at least 4 members (excludes halogenated alkanes) is 1. The van der Waals surface area contributed by atoms with Crippen molar-refractivity contribution in [3.8, 4) is 11.5 Å². The number of amides is 2. The maximum absolute atomic E-state index is 14.1. The highest BCUT2D eigenvalue weighted by atomic mass is 19.1. The number of hydrogen-bond donors (Lipinski definition) is 1. The number of benzene rings is 3. The Bertz CT molecular complexity index is 1210. The third-order valence-electron chi connectivity index (χ3n) is 6.77. The predicted octanol–water partition coefficient (Wildman–Crippen LogP) is 6.87. The van der Waals surface area contributed by atoms with Crippen molar-refractivity contribution in [1.29, 1.82) is 0 Å². The highest BCUT2D eigenvalue weighted by molar-refractivity contribution is 5.89. The Labute approximate surface area is 222 Å². The molecule has 0 spiro atoms. The molecule has 6 nitrogen and oxygen atoms in total. The average Bonchev–Trinajstić information content (AvgIpc) is 2.93. The molecule has 1 fully saturated rings. The highest BCUT2D eigenvalue weighted by Crippen LogP contribution is 2.24. The van der Waals surface area contributed by atoms with Gasteiger partial charge in [-0.05, 0) is 73.4 Å². The van der Waals surface area contributed by atoms with Gasteiger partial charge in [-0.3, -0.25) is 9.69 Å². The first-order valence-electron chi connectivity index (χ1n) is 13.0. The van der Waals surface area contributed by atoms with Crippen LogP contribution in [0.25, 0.3) is 0 Å². The van der Waals surface area contributed by atoms with Gasteiger partial charge in [0.2, 0.25) is 0 Å². The number of likely N-dealkylation sites (tertiary alicyclic amines) is 1. The molecule has 1 saturated heterocycles. The summed E-state index contributed by atoms with van der Waals surface area (Å²) in [6.45, 7) is 5.13. The molecule has 1 heterocycles. The molecule has 0 radical (unpaired) electrons. The third kappa shape index (κ3) is 7.38. The van der Waals surface area contributed by atoms with E-state index in [1.54, 1.807) is 29.2 Å². The smallest absolute Gasteiger partial charge is 0.322 e. The van der Waals surface area contributed by atoms with Gasteiger partial charge in [0.05, 0.1) is 5.69 Å². The number of anilines is 1. The zero-order valence-electron chi connectivity index (χ0n) is 21.5. The molecule has 2 amide bonds. The van der Waals surface area contributed by atoms with Crippen LogP contribution in [0.5, 0.6) is 11.5 Å². The molecule has 200 valence electrons. The minimum Gasteiger partial charge on any atom is -0.457 e. The van der Waals surface area contributed by atoms with Crippen LogP contribution in [0.1, 0.15) is 48.5 Å². The Balaban J connectivity index is 1.30. The van der Waals surface area contributed by atoms with Crippen molar-refractivity contribution in [2.75, 3.05) is 25.0 Å². The number of carbonyl (C=O) groups excluding carboxylic acids is 2. The average molecular weight is 522 g/mol. The van der Waals surface area contributed by atoms with Gasteiger partial charge in [0.15, 0.2) is 0 Å². The standard InChI is InChI=1S/C30H33F2N3O3/c1-2-3-16-35(30(37)33-29-13-8-24(31)19-28(29)32)25-14-17-34(18-15-25)20-22-4-9-26(10-5-22)38-27-11-6-23(21-36)7-12-27/h4-13,19,21,25H,2-3,14-18,20H2,1H3,(H,33,37). The van der Waals surface area contributed by atoms with Gasteiger partial charge in [-0.25, -0.2) is 13.6 Å². The lowest BCUT2D eigenvalue weighted by molar-refractivity contribution is 0.112. The zero-order chi connectivity index (χ0) is 26.9. The van der Waals surface area contributed by atoms with Crippen LogP contribution in [-0.4, -0.2) is 47.8 Å². The minimum atomic E-state index is -0.782. The summed E-state index contributed by atoms with van der Waals surface area (Å²) in [6, 6.07) is 17.8. The van der Waals surface area contributed by atoms with Crippen LogP contribution < -0.4 is 10.1 Å². The first kappa shape index (κ1) is 27.3. The van der Waals surface area contributed by atoms with Crippen LogP contribution >= 0.6 is 0 Å². The van der Waals surface area contributed by atoms with Crippen LogP contribution in [0.4, 0.5) is 19.3 Å². The van der Waals surface area contributed by atoms with Crippen molar-refractivity contribution in [2.24, 2.45) is 0 Å². The van der Waals surface area contributed by atoms with E-state index in [0.29, 0.717) is 17.9 Å². The summed E-state index contributed by atoms with van der Waals surface area (Å²) in [6.07, 6.45) is 4.24. The molecule has 3 aromatic carbocycles. The molecule has 0 atom stereocenters. The van der Waals surface area contributed by atoms with Gasteiger partial charge in [0.1, 0.15) is 29.4 Å². The summed E-state index contributed by atoms with van der Waals surface area (Å²) in [4.78, 5) is 28.0. The molecule has 1 N–H and O–H groups in total. The van der Waals surface area contributed by atoms with E-state index in [0.717, 1.165) is 69.5 Å². The number of nitrogens with zero attached hydrogens (tertiary/aromatic N) is 2. The van der Waals surface area contributed by atoms with Gasteiger partial charge >= 0.3 is 6.03 Å². The largest absolute Gasteiger partial charge is 0.457 e. The fraction of sp³-hybridized carbons (Fsp3) is 0.333. The molecule has 0 aromatic heterocycles. The Kier molecular flexibility index (Phi) is 9.43. The van der Waals surface area contributed by atoms with E-state index in [1.807, 2.05) is 24.3 Å². The number of piperidine rings is 1. The van der Waals surface area contributed by atoms with Crippen LogP contribution in [0.3, 0.4) is 0 Å². The van der Waals surface area contributed by atoms with E-state index < -0.39 is 11.6 Å². The fourth-order valence-electron chi connectivity index (χ4n) is 4.62. The van der Waals surface area contributed by atoms with Crippen molar-refractivity contribution in [1.82, 2.24) is 9.80 Å². The number of aldehydes is 1. The van der Waals surface area contributed by atoms with Gasteiger partial charge in [0, 0.05) is 43.9 Å². The summed E-state index contributed by atoms with van der Waals surface area (Å²) < 4.78 is 33.2. The Morgan fingerprint density at radius 1 is 1.03 bits per heavy atom. The summed E-state index contributed by atoms with van der Waals surface area (Å²) >= 11 is 0. The SMILES string of the molecule is CCCCN(C(=O)Nc1ccc(F)cc1F)C1CCN(Cc2ccc(Oc3ccc(C=O)cc3)cc2)CC1. The van der Waals surface area contributed by atoms with E-state index in [9.17, 15) is 18.4 Å². The number of nitrogens with one attached hydrogen (secondary N) is 1. The predicted molar refractivity (Wildman–Crippen MR) is 144 cm³/mol. The van der Waals surface area contributed by atoms with E-state index in [2.05, 4.69) is 17.1 Å². The maximum atomic E-state index is 14.1. The molecule has 1 aliphatic rings. The first-order valence-corrected chi connectivity index (χ1v) is 13.0. The lowest BCUT2D eigenvalue weighted by Gasteiger charge is -2.38. The van der Waals surface area contributed by atoms with Gasteiger partial charge in [-0.2, -0.15) is 0 Å². The zero-order valence-corrected chi connectivity index (χ0v) is 21.5. The highest BCUT2D eigenvalue weighted by Gasteiger charge is 2.28. The second kappa shape index (κ2) is 13.1. The fourth-order valence-corrected chi connectivity index (χ4v) is 4.62. The number of urea groups is 1. The molecule has 4 rings (SSSR count). The van der Waals surface area contributed by atoms with E-state index in [-0.39, 0.29) is 17.8 Å². The van der Waals surface area contributed by atoms with Gasteiger partial charge < -0.3 is 15.0 Å². The molecule has 0 bridgehead atoms. The van der Waals surface area contributed by atoms with Crippen LogP contribution in [0.2, 0.25) is 0 Å². The van der Waals surface area contributed by atoms with E-state index in [1.165, 1.54) is 11.6 Å². The van der Waals surface area contributed by atoms with Gasteiger partial charge in [-0.15, -0.1) is 0 Å². The van der Waals surface area contributed by atoms with Crippen molar-refractivity contribution in [3.63, 3.8) is 0 Å². The van der Waals surface area contributed by atoms with E-state index in [4.69, 9.17) is 4.74 Å². The molecule has 0 unspecified atom stereocenters. The Morgan fingerprint density at radius 2 is 1.68 bits per heavy atom. The topological polar surface area (TPSA) is 61.9 Å². The van der Waals surface area contributed by atoms with Crippen LogP contribution in [0.15, 0.2) is 66.7 Å². The van der Waals surface area contributed by atoms with Gasteiger partial charge in [0.25, 0.3) is 0 Å². The van der Waals surface area contributed by atoms with Crippen molar-refractivity contribution in [3.05, 3.63) is 89.5 Å². The van der Waals surface area contributed by atoms with Crippen LogP contribution in [-0.2, 0) is 6.54 Å². The number of halogens is 2. The number of hydrogen-bond acceptors (Lipinski definition) is 4. The van der Waals surface area contributed by atoms with Crippen molar-refractivity contribution >= 4 is 18.0 Å². The Hall–Kier alpha value is -3.78. The van der Waals surface area contributed by atoms with E-state index >= 15 is 0 Å². The normalized spacial score (nSPS) is 14.2. The number of ether oxygens (including phenoxy) is 1. The molecular formula is C30H33F2N3O3. The molecule has 0 aliphatic carbocycles. The number of carbonyl (C=O) groups is 2. The molecule has 8 heteroatoms. The lowest BCUT2D eigenvalue weighted by atomic mass is 10.0. The molecule has 0 saturated carbocycles. The van der Waals surface area contributed by atoms with Crippen molar-refractivity contribution < 1.29 is 23.1 Å². The maximum Gasteiger partial charge on any atom is 0.322 e. The molecule has 3 aromatic rings. The summed E-state index contributed by atoms with van der Waals surface area (Å²) in [5.41, 5.74) is 1.76. The summed E-state index contributed by atoms with van der Waals surface area (Å²) in [5, 5.41) is 2.63. The lowest BCUT2D eigenvalue weighted by Crippen LogP contribution is -2.49. The molecule has 38 heavy (non-hydrogen) atoms. The Morgan fingerprint density at radius 3 is 2.29 bits per heavy atom. The van der Waals surface area contributed by atoms with Crippen molar-refractivity contribution in [2.45, 2.75) is 45.2 Å². The van der Waals surface area contributed by atoms with Gasteiger partial charge in [-0.1, -0.05) is 25.5 Å². The minimum absolute atomic E-state index is 0.0132. The third-order valence-corrected chi connectivity index (χ3v) is 6.77. The summed E-state index contributed by atoms with van der Waals surface area (Å²) in [5.74, 6) is -0.0650. The molecule has 1 aliphatic heterocycles. The van der Waals surface area contributed by atoms with Crippen LogP contribution in [0, 0.1) is 11.6 Å². The first-order chi connectivity index (χ1) is 18.4. The number of rotatable bonds is 10. The molecular weight excluding hydrogens is 488 g/mol. The quantitative estimate of drug-likeness (QED) is 0.296. The second-order valence-electron chi connectivity index (χ2n) is 9.54.